The molecule has 0 aromatic carbocycles. The summed E-state index contributed by atoms with van der Waals surface area (Å²) in [5, 5.41) is 0. The standard InChI is InChI=1S/C15H25N5O3S/c1-18(2)24(21,22)19-8-6-13(7-9-19)20(12-4-5-12)14-10-15(23-3)17-11-16-14/h10-13H,4-9H2,1-3H3. The summed E-state index contributed by atoms with van der Waals surface area (Å²) in [6.45, 7) is 1.08. The second-order valence-electron chi connectivity index (χ2n) is 6.48. The van der Waals surface area contributed by atoms with Gasteiger partial charge in [-0.25, -0.2) is 9.97 Å². The van der Waals surface area contributed by atoms with Crippen LogP contribution in [0, 0.1) is 0 Å². The predicted octanol–water partition coefficient (Wildman–Crippen LogP) is 0.725. The Labute approximate surface area is 143 Å². The molecule has 1 aromatic rings. The normalized spacial score (nSPS) is 20.3. The zero-order valence-electron chi connectivity index (χ0n) is 14.4. The van der Waals surface area contributed by atoms with E-state index < -0.39 is 10.2 Å². The van der Waals surface area contributed by atoms with Crippen LogP contribution >= 0.6 is 0 Å². The second kappa shape index (κ2) is 6.81. The van der Waals surface area contributed by atoms with Crippen LogP contribution in [0.25, 0.3) is 0 Å². The van der Waals surface area contributed by atoms with Crippen molar-refractivity contribution in [2.45, 2.75) is 37.8 Å². The maximum absolute atomic E-state index is 12.3. The van der Waals surface area contributed by atoms with Gasteiger partial charge in [-0.15, -0.1) is 0 Å². The average molecular weight is 355 g/mol. The van der Waals surface area contributed by atoms with Crippen LogP contribution in [0.5, 0.6) is 5.88 Å². The molecule has 8 nitrogen and oxygen atoms in total. The molecule has 1 aliphatic carbocycles. The van der Waals surface area contributed by atoms with Gasteiger partial charge in [-0.1, -0.05) is 0 Å². The molecule has 1 aliphatic heterocycles. The summed E-state index contributed by atoms with van der Waals surface area (Å²) in [5.41, 5.74) is 0. The minimum atomic E-state index is -3.33. The maximum Gasteiger partial charge on any atom is 0.281 e. The van der Waals surface area contributed by atoms with Crippen LogP contribution in [0.1, 0.15) is 25.7 Å². The van der Waals surface area contributed by atoms with E-state index in [2.05, 4.69) is 14.9 Å². The first-order valence-electron chi connectivity index (χ1n) is 8.25. The van der Waals surface area contributed by atoms with E-state index in [9.17, 15) is 8.42 Å². The van der Waals surface area contributed by atoms with Crippen molar-refractivity contribution < 1.29 is 13.2 Å². The summed E-state index contributed by atoms with van der Waals surface area (Å²) in [6.07, 6.45) is 5.44. The Bertz CT molecular complexity index is 669. The smallest absolute Gasteiger partial charge is 0.281 e. The number of hydrogen-bond acceptors (Lipinski definition) is 6. The summed E-state index contributed by atoms with van der Waals surface area (Å²) in [7, 11) is 1.42. The quantitative estimate of drug-likeness (QED) is 0.748. The molecule has 2 aliphatic rings. The zero-order chi connectivity index (χ0) is 17.3. The minimum Gasteiger partial charge on any atom is -0.481 e. The highest BCUT2D eigenvalue weighted by Gasteiger charge is 2.38. The van der Waals surface area contributed by atoms with Gasteiger partial charge in [0.1, 0.15) is 12.1 Å². The van der Waals surface area contributed by atoms with E-state index in [0.717, 1.165) is 31.5 Å². The molecule has 0 N–H and O–H groups in total. The third kappa shape index (κ3) is 3.47. The number of ether oxygens (including phenoxy) is 1. The Morgan fingerprint density at radius 1 is 1.12 bits per heavy atom. The highest BCUT2D eigenvalue weighted by atomic mass is 32.2. The van der Waals surface area contributed by atoms with E-state index >= 15 is 0 Å². The number of methoxy groups -OCH3 is 1. The number of nitrogens with zero attached hydrogens (tertiary/aromatic N) is 5. The third-order valence-electron chi connectivity index (χ3n) is 4.65. The zero-order valence-corrected chi connectivity index (χ0v) is 15.2. The number of hydrogen-bond donors (Lipinski definition) is 0. The summed E-state index contributed by atoms with van der Waals surface area (Å²) in [5.74, 6) is 1.43. The van der Waals surface area contributed by atoms with E-state index in [-0.39, 0.29) is 0 Å². The lowest BCUT2D eigenvalue weighted by Crippen LogP contribution is -2.50. The fourth-order valence-corrected chi connectivity index (χ4v) is 4.32. The van der Waals surface area contributed by atoms with Crippen LogP contribution in [0.4, 0.5) is 5.82 Å². The Hall–Kier alpha value is -1.45. The Kier molecular flexibility index (Phi) is 4.93. The molecule has 1 saturated carbocycles. The van der Waals surface area contributed by atoms with Gasteiger partial charge in [-0.05, 0) is 25.7 Å². The van der Waals surface area contributed by atoms with Crippen molar-refractivity contribution in [1.29, 1.82) is 0 Å². The number of rotatable bonds is 6. The number of piperidine rings is 1. The van der Waals surface area contributed by atoms with Crippen molar-refractivity contribution in [1.82, 2.24) is 18.6 Å². The highest BCUT2D eigenvalue weighted by molar-refractivity contribution is 7.86. The van der Waals surface area contributed by atoms with E-state index in [4.69, 9.17) is 4.74 Å². The van der Waals surface area contributed by atoms with Crippen LogP contribution < -0.4 is 9.64 Å². The van der Waals surface area contributed by atoms with Crippen molar-refractivity contribution in [2.75, 3.05) is 39.2 Å². The molecule has 0 bridgehead atoms. The van der Waals surface area contributed by atoms with E-state index in [0.29, 0.717) is 31.1 Å². The molecule has 1 aromatic heterocycles. The summed E-state index contributed by atoms with van der Waals surface area (Å²) in [6, 6.07) is 2.65. The van der Waals surface area contributed by atoms with Crippen LogP contribution in [0.3, 0.4) is 0 Å². The molecule has 134 valence electrons. The first kappa shape index (κ1) is 17.4. The largest absolute Gasteiger partial charge is 0.481 e. The Balaban J connectivity index is 1.73. The fraction of sp³-hybridized carbons (Fsp3) is 0.733. The van der Waals surface area contributed by atoms with Gasteiger partial charge in [0, 0.05) is 45.3 Å². The van der Waals surface area contributed by atoms with Crippen molar-refractivity contribution >= 4 is 16.0 Å². The fourth-order valence-electron chi connectivity index (χ4n) is 3.19. The summed E-state index contributed by atoms with van der Waals surface area (Å²) in [4.78, 5) is 10.8. The third-order valence-corrected chi connectivity index (χ3v) is 6.59. The number of aromatic nitrogens is 2. The molecular formula is C15H25N5O3S. The van der Waals surface area contributed by atoms with Crippen LogP contribution in [0.15, 0.2) is 12.4 Å². The van der Waals surface area contributed by atoms with Crippen LogP contribution in [-0.4, -0.2) is 73.4 Å². The van der Waals surface area contributed by atoms with Gasteiger partial charge in [0.15, 0.2) is 0 Å². The molecular weight excluding hydrogens is 330 g/mol. The van der Waals surface area contributed by atoms with Crippen molar-refractivity contribution in [3.63, 3.8) is 0 Å². The van der Waals surface area contributed by atoms with Crippen LogP contribution in [0.2, 0.25) is 0 Å². The summed E-state index contributed by atoms with van der Waals surface area (Å²) < 4.78 is 32.6. The lowest BCUT2D eigenvalue weighted by Gasteiger charge is -2.39. The molecule has 3 rings (SSSR count). The molecule has 0 radical (unpaired) electrons. The molecule has 1 saturated heterocycles. The van der Waals surface area contributed by atoms with Gasteiger partial charge < -0.3 is 9.64 Å². The molecule has 2 fully saturated rings. The van der Waals surface area contributed by atoms with Crippen molar-refractivity contribution in [3.05, 3.63) is 12.4 Å². The van der Waals surface area contributed by atoms with Crippen LogP contribution in [-0.2, 0) is 10.2 Å². The molecule has 0 unspecified atom stereocenters. The molecule has 24 heavy (non-hydrogen) atoms. The molecule has 0 spiro atoms. The maximum atomic E-state index is 12.3. The molecule has 0 amide bonds. The molecule has 2 heterocycles. The number of anilines is 1. The van der Waals surface area contributed by atoms with E-state index in [1.54, 1.807) is 25.5 Å². The first-order chi connectivity index (χ1) is 11.4. The highest BCUT2D eigenvalue weighted by Crippen LogP contribution is 2.36. The molecule has 9 heteroatoms. The lowest BCUT2D eigenvalue weighted by atomic mass is 10.0. The topological polar surface area (TPSA) is 78.9 Å². The predicted molar refractivity (Wildman–Crippen MR) is 91.3 cm³/mol. The van der Waals surface area contributed by atoms with Crippen molar-refractivity contribution in [2.24, 2.45) is 0 Å². The summed E-state index contributed by atoms with van der Waals surface area (Å²) >= 11 is 0. The lowest BCUT2D eigenvalue weighted by molar-refractivity contribution is 0.293. The van der Waals surface area contributed by atoms with Gasteiger partial charge in [-0.3, -0.25) is 0 Å². The van der Waals surface area contributed by atoms with Crippen molar-refractivity contribution in [3.8, 4) is 5.88 Å². The van der Waals surface area contributed by atoms with Gasteiger partial charge in [0.25, 0.3) is 10.2 Å². The monoisotopic (exact) mass is 355 g/mol. The Morgan fingerprint density at radius 2 is 1.75 bits per heavy atom. The van der Waals surface area contributed by atoms with E-state index in [1.165, 1.54) is 10.6 Å². The Morgan fingerprint density at radius 3 is 2.29 bits per heavy atom. The van der Waals surface area contributed by atoms with E-state index in [1.807, 2.05) is 6.07 Å². The molecule has 0 atom stereocenters. The SMILES string of the molecule is COc1cc(N(C2CC2)C2CCN(S(=O)(=O)N(C)C)CC2)ncn1. The van der Waals surface area contributed by atoms with Gasteiger partial charge >= 0.3 is 0 Å². The second-order valence-corrected chi connectivity index (χ2v) is 8.62. The first-order valence-corrected chi connectivity index (χ1v) is 9.65. The van der Waals surface area contributed by atoms with Gasteiger partial charge in [0.05, 0.1) is 7.11 Å². The average Bonchev–Trinajstić information content (AvgIpc) is 3.40. The van der Waals surface area contributed by atoms with Gasteiger partial charge in [0.2, 0.25) is 5.88 Å². The van der Waals surface area contributed by atoms with Gasteiger partial charge in [-0.2, -0.15) is 17.0 Å². The minimum absolute atomic E-state index is 0.297.